The number of alkyl carbamates (subject to hydrolysis) is 1. The van der Waals surface area contributed by atoms with E-state index in [9.17, 15) is 24.4 Å². The maximum atomic E-state index is 13.4. The van der Waals surface area contributed by atoms with Gasteiger partial charge in [-0.3, -0.25) is 4.79 Å². The molecule has 6 N–H and O–H groups in total. The Morgan fingerprint density at radius 2 is 1.75 bits per heavy atom. The van der Waals surface area contributed by atoms with E-state index in [0.29, 0.717) is 30.2 Å². The molecule has 1 aromatic carbocycles. The molecule has 1 atom stereocenters. The minimum atomic E-state index is -1.60. The maximum absolute atomic E-state index is 13.4. The van der Waals surface area contributed by atoms with Gasteiger partial charge in [0, 0.05) is 13.0 Å². The lowest BCUT2D eigenvalue weighted by Gasteiger charge is -2.40. The van der Waals surface area contributed by atoms with Crippen LogP contribution in [0, 0.1) is 0 Å². The lowest BCUT2D eigenvalue weighted by molar-refractivity contribution is -0.133. The molecule has 0 radical (unpaired) electrons. The summed E-state index contributed by atoms with van der Waals surface area (Å²) in [7, 11) is -1.60. The first-order valence-corrected chi connectivity index (χ1v) is 10.9. The molecule has 0 saturated heterocycles. The molecule has 10 heteroatoms. The lowest BCUT2D eigenvalue weighted by atomic mass is 9.78. The smallest absolute Gasteiger partial charge is 0.444 e. The van der Waals surface area contributed by atoms with Crippen LogP contribution in [0.5, 0.6) is 0 Å². The summed E-state index contributed by atoms with van der Waals surface area (Å²) in [5, 5.41) is 24.1. The lowest BCUT2D eigenvalue weighted by Crippen LogP contribution is -2.66. The zero-order chi connectivity index (χ0) is 24.0. The van der Waals surface area contributed by atoms with Crippen molar-refractivity contribution in [1.82, 2.24) is 10.6 Å². The number of aldehydes is 1. The molecule has 0 heterocycles. The van der Waals surface area contributed by atoms with Crippen molar-refractivity contribution in [2.24, 2.45) is 5.73 Å². The van der Waals surface area contributed by atoms with Gasteiger partial charge in [-0.1, -0.05) is 43.5 Å². The van der Waals surface area contributed by atoms with E-state index in [-0.39, 0.29) is 13.0 Å². The Bertz CT molecular complexity index is 803. The number of benzene rings is 1. The predicted octanol–water partition coefficient (Wildman–Crippen LogP) is 0.149. The van der Waals surface area contributed by atoms with Crippen LogP contribution in [0.25, 0.3) is 0 Å². The summed E-state index contributed by atoms with van der Waals surface area (Å²) in [6, 6.07) is 6.34. The van der Waals surface area contributed by atoms with Crippen LogP contribution in [0.2, 0.25) is 0 Å². The maximum Gasteiger partial charge on any atom is 0.488 e. The highest BCUT2D eigenvalue weighted by Gasteiger charge is 2.45. The van der Waals surface area contributed by atoms with Gasteiger partial charge in [0.2, 0.25) is 5.91 Å². The molecule has 32 heavy (non-hydrogen) atoms. The number of nitrogens with two attached hydrogens (primary N) is 1. The van der Waals surface area contributed by atoms with E-state index in [1.807, 2.05) is 0 Å². The predicted molar refractivity (Wildman–Crippen MR) is 121 cm³/mol. The summed E-state index contributed by atoms with van der Waals surface area (Å²) in [6.45, 7) is 5.09. The molecular weight excluding hydrogens is 413 g/mol. The molecule has 1 unspecified atom stereocenters. The van der Waals surface area contributed by atoms with E-state index in [1.54, 1.807) is 32.9 Å². The quantitative estimate of drug-likeness (QED) is 0.281. The summed E-state index contributed by atoms with van der Waals surface area (Å²) in [6.07, 6.45) is 3.37. The molecule has 0 aliphatic heterocycles. The van der Waals surface area contributed by atoms with Gasteiger partial charge in [0.15, 0.2) is 0 Å². The topological polar surface area (TPSA) is 151 Å². The van der Waals surface area contributed by atoms with Gasteiger partial charge in [0.05, 0.1) is 0 Å². The third kappa shape index (κ3) is 6.78. The number of carbonyl (C=O) groups excluding carboxylic acids is 3. The van der Waals surface area contributed by atoms with Gasteiger partial charge in [0.25, 0.3) is 0 Å². The summed E-state index contributed by atoms with van der Waals surface area (Å²) in [5.74, 6) is -0.469. The Morgan fingerprint density at radius 1 is 1.16 bits per heavy atom. The number of hydrogen-bond acceptors (Lipinski definition) is 7. The molecule has 1 fully saturated rings. The Morgan fingerprint density at radius 3 is 2.22 bits per heavy atom. The zero-order valence-electron chi connectivity index (χ0n) is 19.0. The van der Waals surface area contributed by atoms with Gasteiger partial charge in [-0.05, 0) is 44.6 Å². The van der Waals surface area contributed by atoms with Gasteiger partial charge in [0.1, 0.15) is 23.0 Å². The van der Waals surface area contributed by atoms with Crippen molar-refractivity contribution < 1.29 is 29.2 Å². The number of rotatable bonds is 8. The Labute approximate surface area is 189 Å². The summed E-state index contributed by atoms with van der Waals surface area (Å²) < 4.78 is 5.36. The summed E-state index contributed by atoms with van der Waals surface area (Å²) in [5.41, 5.74) is 3.63. The highest BCUT2D eigenvalue weighted by molar-refractivity contribution is 6.58. The molecule has 1 aliphatic rings. The zero-order valence-corrected chi connectivity index (χ0v) is 19.0. The van der Waals surface area contributed by atoms with Crippen molar-refractivity contribution in [2.45, 2.75) is 76.0 Å². The number of nitrogens with one attached hydrogen (secondary N) is 2. The second-order valence-electron chi connectivity index (χ2n) is 9.49. The van der Waals surface area contributed by atoms with Crippen LogP contribution in [-0.4, -0.2) is 58.7 Å². The van der Waals surface area contributed by atoms with Crippen LogP contribution >= 0.6 is 0 Å². The molecule has 2 rings (SSSR count). The van der Waals surface area contributed by atoms with Crippen molar-refractivity contribution >= 4 is 30.9 Å². The Balaban J connectivity index is 2.23. The number of hydrogen-bond donors (Lipinski definition) is 5. The average Bonchev–Trinajstić information content (AvgIpc) is 2.72. The van der Waals surface area contributed by atoms with Crippen molar-refractivity contribution in [3.8, 4) is 0 Å². The minimum Gasteiger partial charge on any atom is -0.444 e. The average molecular weight is 447 g/mol. The molecule has 0 bridgehead atoms. The van der Waals surface area contributed by atoms with E-state index in [2.05, 4.69) is 10.6 Å². The number of carbonyl (C=O) groups is 3. The molecule has 0 aromatic heterocycles. The van der Waals surface area contributed by atoms with Crippen LogP contribution in [-0.2, 0) is 20.7 Å². The van der Waals surface area contributed by atoms with Gasteiger partial charge in [-0.15, -0.1) is 0 Å². The van der Waals surface area contributed by atoms with Gasteiger partial charge in [-0.2, -0.15) is 0 Å². The summed E-state index contributed by atoms with van der Waals surface area (Å²) in [4.78, 5) is 38.0. The van der Waals surface area contributed by atoms with E-state index < -0.39 is 35.8 Å². The fourth-order valence-corrected chi connectivity index (χ4v) is 3.87. The van der Waals surface area contributed by atoms with Crippen LogP contribution < -0.4 is 21.8 Å². The third-order valence-corrected chi connectivity index (χ3v) is 5.63. The molecule has 1 aliphatic carbocycles. The molecule has 176 valence electrons. The fraction of sp³-hybridized carbons (Fsp3) is 0.591. The largest absolute Gasteiger partial charge is 0.488 e. The fourth-order valence-electron chi connectivity index (χ4n) is 3.87. The highest BCUT2D eigenvalue weighted by atomic mass is 16.6. The molecular formula is C22H34BN3O6. The van der Waals surface area contributed by atoms with Crippen LogP contribution in [0.3, 0.4) is 0 Å². The number of amides is 2. The van der Waals surface area contributed by atoms with E-state index in [1.165, 1.54) is 12.1 Å². The first-order chi connectivity index (χ1) is 14.9. The summed E-state index contributed by atoms with van der Waals surface area (Å²) >= 11 is 0. The van der Waals surface area contributed by atoms with Crippen LogP contribution in [0.4, 0.5) is 4.79 Å². The van der Waals surface area contributed by atoms with Crippen molar-refractivity contribution in [3.63, 3.8) is 0 Å². The van der Waals surface area contributed by atoms with Gasteiger partial charge in [-0.25, -0.2) is 4.79 Å². The normalized spacial score (nSPS) is 17.6. The molecule has 9 nitrogen and oxygen atoms in total. The second kappa shape index (κ2) is 10.5. The van der Waals surface area contributed by atoms with Gasteiger partial charge >= 0.3 is 13.2 Å². The third-order valence-electron chi connectivity index (χ3n) is 5.63. The van der Waals surface area contributed by atoms with E-state index in [0.717, 1.165) is 19.3 Å². The van der Waals surface area contributed by atoms with Crippen molar-refractivity contribution in [3.05, 3.63) is 29.8 Å². The molecule has 1 saturated carbocycles. The monoisotopic (exact) mass is 447 g/mol. The molecule has 1 aromatic rings. The van der Waals surface area contributed by atoms with E-state index in [4.69, 9.17) is 10.5 Å². The first kappa shape index (κ1) is 25.8. The van der Waals surface area contributed by atoms with Crippen molar-refractivity contribution in [2.75, 3.05) is 6.54 Å². The minimum absolute atomic E-state index is 0.114. The Kier molecular flexibility index (Phi) is 8.44. The number of ether oxygens (including phenoxy) is 1. The molecule has 2 amide bonds. The SMILES string of the molecule is CC(C)(C)OC(=O)NC1(C(=O)NC(C=O)(CN)Cc2ccc(B(O)O)cc2)CCCCC1. The van der Waals surface area contributed by atoms with Gasteiger partial charge < -0.3 is 35.9 Å². The Hall–Kier alpha value is -2.43. The van der Waals surface area contributed by atoms with Crippen LogP contribution in [0.15, 0.2) is 24.3 Å². The second-order valence-corrected chi connectivity index (χ2v) is 9.49. The van der Waals surface area contributed by atoms with Crippen LogP contribution in [0.1, 0.15) is 58.4 Å². The van der Waals surface area contributed by atoms with Crippen molar-refractivity contribution in [1.29, 1.82) is 0 Å². The highest BCUT2D eigenvalue weighted by Crippen LogP contribution is 2.30. The standard InChI is InChI=1S/C22H34BN3O6/c1-20(2,3)32-19(29)26-22(11-5-4-6-12-22)18(28)25-21(14-24,15-27)13-16-7-9-17(10-8-16)23(30)31/h7-10,15,30-31H,4-6,11-14,24H2,1-3H3,(H,25,28)(H,26,29). The molecule has 0 spiro atoms. The first-order valence-electron chi connectivity index (χ1n) is 10.9. The van der Waals surface area contributed by atoms with E-state index >= 15 is 0 Å².